The van der Waals surface area contributed by atoms with Gasteiger partial charge in [0, 0.05) is 6.04 Å². The molecule has 0 spiro atoms. The van der Waals surface area contributed by atoms with Gasteiger partial charge in [0.05, 0.1) is 0 Å². The number of carbonyl (C=O) groups excluding carboxylic acids is 1. The van der Waals surface area contributed by atoms with Gasteiger partial charge in [0.2, 0.25) is 11.8 Å². The molecule has 0 fully saturated rings. The van der Waals surface area contributed by atoms with E-state index in [4.69, 9.17) is 5.73 Å². The van der Waals surface area contributed by atoms with Crippen LogP contribution in [0.4, 0.5) is 5.95 Å². The average molecular weight is 197 g/mol. The maximum atomic E-state index is 11.5. The van der Waals surface area contributed by atoms with E-state index in [1.165, 1.54) is 0 Å². The van der Waals surface area contributed by atoms with Crippen molar-refractivity contribution in [2.24, 2.45) is 0 Å². The summed E-state index contributed by atoms with van der Waals surface area (Å²) in [5.74, 6) is -0.0167. The molecule has 6 heteroatoms. The predicted octanol–water partition coefficient (Wildman–Crippen LogP) is 0.305. The van der Waals surface area contributed by atoms with Gasteiger partial charge in [0.1, 0.15) is 0 Å². The SMILES string of the molecule is CCC(CC)NC(=O)c1nc(N)n[nH]1. The number of aromatic amines is 1. The molecule has 0 atom stereocenters. The Hall–Kier alpha value is -1.59. The van der Waals surface area contributed by atoms with Gasteiger partial charge in [-0.1, -0.05) is 13.8 Å². The van der Waals surface area contributed by atoms with Crippen molar-refractivity contribution < 1.29 is 4.79 Å². The number of H-pyrrole nitrogens is 1. The van der Waals surface area contributed by atoms with Gasteiger partial charge in [0.15, 0.2) is 0 Å². The summed E-state index contributed by atoms with van der Waals surface area (Å²) in [5, 5.41) is 8.86. The van der Waals surface area contributed by atoms with E-state index in [2.05, 4.69) is 20.5 Å². The van der Waals surface area contributed by atoms with Crippen molar-refractivity contribution in [2.45, 2.75) is 32.7 Å². The Bertz CT molecular complexity index is 304. The molecule has 78 valence electrons. The minimum Gasteiger partial charge on any atom is -0.366 e. The molecular formula is C8H15N5O. The van der Waals surface area contributed by atoms with Crippen molar-refractivity contribution >= 4 is 11.9 Å². The lowest BCUT2D eigenvalue weighted by molar-refractivity contribution is 0.0925. The number of nitrogens with one attached hydrogen (secondary N) is 2. The molecule has 1 aromatic heterocycles. The second kappa shape index (κ2) is 4.59. The summed E-state index contributed by atoms with van der Waals surface area (Å²) < 4.78 is 0. The van der Waals surface area contributed by atoms with Crippen LogP contribution in [0.3, 0.4) is 0 Å². The van der Waals surface area contributed by atoms with E-state index in [1.807, 2.05) is 13.8 Å². The zero-order valence-corrected chi connectivity index (χ0v) is 8.37. The highest BCUT2D eigenvalue weighted by molar-refractivity contribution is 5.90. The largest absolute Gasteiger partial charge is 0.366 e. The zero-order chi connectivity index (χ0) is 10.6. The van der Waals surface area contributed by atoms with Crippen LogP contribution in [0.5, 0.6) is 0 Å². The third kappa shape index (κ3) is 2.45. The van der Waals surface area contributed by atoms with Crippen LogP contribution in [0.25, 0.3) is 0 Å². The normalized spacial score (nSPS) is 10.5. The van der Waals surface area contributed by atoms with E-state index in [0.717, 1.165) is 12.8 Å². The third-order valence-corrected chi connectivity index (χ3v) is 2.04. The summed E-state index contributed by atoms with van der Waals surface area (Å²) in [5.41, 5.74) is 5.28. The Labute approximate surface area is 82.3 Å². The molecule has 1 amide bonds. The molecule has 4 N–H and O–H groups in total. The lowest BCUT2D eigenvalue weighted by atomic mass is 10.2. The topological polar surface area (TPSA) is 96.7 Å². The maximum absolute atomic E-state index is 11.5. The number of rotatable bonds is 4. The van der Waals surface area contributed by atoms with Gasteiger partial charge in [-0.05, 0) is 12.8 Å². The maximum Gasteiger partial charge on any atom is 0.288 e. The van der Waals surface area contributed by atoms with E-state index in [1.54, 1.807) is 0 Å². The molecule has 1 heterocycles. The van der Waals surface area contributed by atoms with Crippen LogP contribution in [-0.2, 0) is 0 Å². The lowest BCUT2D eigenvalue weighted by Gasteiger charge is -2.12. The molecule has 1 rings (SSSR count). The van der Waals surface area contributed by atoms with Gasteiger partial charge in [0.25, 0.3) is 5.91 Å². The second-order valence-corrected chi connectivity index (χ2v) is 3.03. The van der Waals surface area contributed by atoms with E-state index in [9.17, 15) is 4.79 Å². The minimum absolute atomic E-state index is 0.0831. The molecule has 14 heavy (non-hydrogen) atoms. The van der Waals surface area contributed by atoms with Crippen molar-refractivity contribution in [1.82, 2.24) is 20.5 Å². The minimum atomic E-state index is -0.261. The molecule has 0 aliphatic rings. The lowest BCUT2D eigenvalue weighted by Crippen LogP contribution is -2.34. The number of aromatic nitrogens is 3. The van der Waals surface area contributed by atoms with Crippen molar-refractivity contribution in [3.8, 4) is 0 Å². The van der Waals surface area contributed by atoms with E-state index in [-0.39, 0.29) is 23.7 Å². The predicted molar refractivity (Wildman–Crippen MR) is 52.6 cm³/mol. The first kappa shape index (κ1) is 10.5. The summed E-state index contributed by atoms with van der Waals surface area (Å²) >= 11 is 0. The van der Waals surface area contributed by atoms with Crippen LogP contribution >= 0.6 is 0 Å². The smallest absolute Gasteiger partial charge is 0.288 e. The van der Waals surface area contributed by atoms with Gasteiger partial charge >= 0.3 is 0 Å². The fraction of sp³-hybridized carbons (Fsp3) is 0.625. The van der Waals surface area contributed by atoms with Crippen molar-refractivity contribution in [1.29, 1.82) is 0 Å². The van der Waals surface area contributed by atoms with Crippen LogP contribution in [0.15, 0.2) is 0 Å². The molecule has 0 aliphatic heterocycles. The number of hydrogen-bond donors (Lipinski definition) is 3. The first-order valence-electron chi connectivity index (χ1n) is 4.66. The van der Waals surface area contributed by atoms with Crippen molar-refractivity contribution in [3.05, 3.63) is 5.82 Å². The highest BCUT2D eigenvalue weighted by Gasteiger charge is 2.13. The monoisotopic (exact) mass is 197 g/mol. The summed E-state index contributed by atoms with van der Waals surface area (Å²) in [4.78, 5) is 15.2. The van der Waals surface area contributed by atoms with E-state index < -0.39 is 0 Å². The average Bonchev–Trinajstić information content (AvgIpc) is 2.61. The number of carbonyl (C=O) groups is 1. The first-order valence-corrected chi connectivity index (χ1v) is 4.66. The molecule has 6 nitrogen and oxygen atoms in total. The van der Waals surface area contributed by atoms with Crippen LogP contribution < -0.4 is 11.1 Å². The summed E-state index contributed by atoms with van der Waals surface area (Å²) in [7, 11) is 0. The molecule has 0 bridgehead atoms. The van der Waals surface area contributed by atoms with Crippen molar-refractivity contribution in [3.63, 3.8) is 0 Å². The molecule has 0 aromatic carbocycles. The van der Waals surface area contributed by atoms with Gasteiger partial charge < -0.3 is 11.1 Å². The summed E-state index contributed by atoms with van der Waals surface area (Å²) in [6.07, 6.45) is 1.79. The number of amides is 1. The number of hydrogen-bond acceptors (Lipinski definition) is 4. The Kier molecular flexibility index (Phi) is 3.44. The first-order chi connectivity index (χ1) is 6.67. The highest BCUT2D eigenvalue weighted by atomic mass is 16.2. The molecule has 0 aliphatic carbocycles. The molecule has 0 saturated carbocycles. The highest BCUT2D eigenvalue weighted by Crippen LogP contribution is 1.99. The standard InChI is InChI=1S/C8H15N5O/c1-3-5(4-2)10-7(14)6-11-8(9)13-12-6/h5H,3-4H2,1-2H3,(H,10,14)(H3,9,11,12,13). The summed E-state index contributed by atoms with van der Waals surface area (Å²) in [6.45, 7) is 4.03. The van der Waals surface area contributed by atoms with Crippen molar-refractivity contribution in [2.75, 3.05) is 5.73 Å². The zero-order valence-electron chi connectivity index (χ0n) is 8.37. The quantitative estimate of drug-likeness (QED) is 0.647. The fourth-order valence-electron chi connectivity index (χ4n) is 1.12. The molecule has 1 aromatic rings. The molecule has 0 saturated heterocycles. The number of nitrogen functional groups attached to an aromatic ring is 1. The number of anilines is 1. The molecule has 0 unspecified atom stereocenters. The number of nitrogens with two attached hydrogens (primary N) is 1. The van der Waals surface area contributed by atoms with Crippen LogP contribution in [-0.4, -0.2) is 27.1 Å². The summed E-state index contributed by atoms with van der Waals surface area (Å²) in [6, 6.07) is 0.175. The van der Waals surface area contributed by atoms with E-state index >= 15 is 0 Å². The van der Waals surface area contributed by atoms with Crippen LogP contribution in [0.2, 0.25) is 0 Å². The third-order valence-electron chi connectivity index (χ3n) is 2.04. The number of nitrogens with zero attached hydrogens (tertiary/aromatic N) is 2. The second-order valence-electron chi connectivity index (χ2n) is 3.03. The molecular weight excluding hydrogens is 182 g/mol. The van der Waals surface area contributed by atoms with Crippen LogP contribution in [0.1, 0.15) is 37.3 Å². The van der Waals surface area contributed by atoms with Gasteiger partial charge in [-0.15, -0.1) is 5.10 Å². The Morgan fingerprint density at radius 3 is 2.64 bits per heavy atom. The van der Waals surface area contributed by atoms with Gasteiger partial charge in [-0.2, -0.15) is 4.98 Å². The Morgan fingerprint density at radius 1 is 1.57 bits per heavy atom. The van der Waals surface area contributed by atoms with Gasteiger partial charge in [-0.3, -0.25) is 9.89 Å². The molecule has 0 radical (unpaired) electrons. The van der Waals surface area contributed by atoms with E-state index in [0.29, 0.717) is 0 Å². The van der Waals surface area contributed by atoms with Gasteiger partial charge in [-0.25, -0.2) is 0 Å². The Morgan fingerprint density at radius 2 is 2.21 bits per heavy atom. The fourth-order valence-corrected chi connectivity index (χ4v) is 1.12. The van der Waals surface area contributed by atoms with Crippen LogP contribution in [0, 0.1) is 0 Å². The Balaban J connectivity index is 2.58.